The lowest BCUT2D eigenvalue weighted by Crippen LogP contribution is -2.34. The second-order valence-corrected chi connectivity index (χ2v) is 3.70. The third-order valence-corrected chi connectivity index (χ3v) is 2.71. The van der Waals surface area contributed by atoms with Gasteiger partial charge in [-0.2, -0.15) is 0 Å². The molecule has 1 saturated heterocycles. The van der Waals surface area contributed by atoms with E-state index in [1.165, 1.54) is 0 Å². The van der Waals surface area contributed by atoms with E-state index in [0.717, 1.165) is 0 Å². The second kappa shape index (κ2) is 4.53. The largest absolute Gasteiger partial charge is 0.497 e. The summed E-state index contributed by atoms with van der Waals surface area (Å²) in [5.74, 6) is 0.683. The van der Waals surface area contributed by atoms with Crippen molar-refractivity contribution in [1.29, 1.82) is 0 Å². The number of rotatable bonds is 2. The van der Waals surface area contributed by atoms with Crippen molar-refractivity contribution in [2.75, 3.05) is 20.3 Å². The Morgan fingerprint density at radius 2 is 2.38 bits per heavy atom. The van der Waals surface area contributed by atoms with Crippen molar-refractivity contribution in [3.8, 4) is 5.75 Å². The molecule has 2 rings (SSSR count). The minimum atomic E-state index is -0.140. The first-order chi connectivity index (χ1) is 7.72. The molecular formula is C12H15NO3. The lowest BCUT2D eigenvalue weighted by Gasteiger charge is -2.19. The zero-order valence-electron chi connectivity index (χ0n) is 9.47. The molecule has 1 aliphatic heterocycles. The number of carbonyl (C=O) groups is 1. The van der Waals surface area contributed by atoms with Crippen LogP contribution in [-0.2, 0) is 4.74 Å². The second-order valence-electron chi connectivity index (χ2n) is 3.70. The molecule has 0 bridgehead atoms. The Balaban J connectivity index is 2.19. The predicted molar refractivity (Wildman–Crippen MR) is 59.4 cm³/mol. The van der Waals surface area contributed by atoms with Crippen molar-refractivity contribution >= 4 is 5.91 Å². The zero-order valence-corrected chi connectivity index (χ0v) is 9.47. The van der Waals surface area contributed by atoms with Crippen molar-refractivity contribution in [2.45, 2.75) is 13.2 Å². The van der Waals surface area contributed by atoms with E-state index in [2.05, 4.69) is 0 Å². The molecule has 0 radical (unpaired) electrons. The van der Waals surface area contributed by atoms with Gasteiger partial charge in [-0.15, -0.1) is 0 Å². The third-order valence-electron chi connectivity index (χ3n) is 2.71. The number of nitrogens with zero attached hydrogens (tertiary/aromatic N) is 1. The Bertz CT molecular complexity index is 392. The molecule has 0 aliphatic carbocycles. The fraction of sp³-hybridized carbons (Fsp3) is 0.417. The van der Waals surface area contributed by atoms with Crippen LogP contribution in [0.15, 0.2) is 24.3 Å². The van der Waals surface area contributed by atoms with Crippen LogP contribution < -0.4 is 4.74 Å². The van der Waals surface area contributed by atoms with Crippen LogP contribution in [0.4, 0.5) is 0 Å². The topological polar surface area (TPSA) is 38.8 Å². The number of methoxy groups -OCH3 is 1. The summed E-state index contributed by atoms with van der Waals surface area (Å²) in [4.78, 5) is 13.8. The molecule has 1 fully saturated rings. The monoisotopic (exact) mass is 221 g/mol. The molecular weight excluding hydrogens is 206 g/mol. The van der Waals surface area contributed by atoms with Crippen molar-refractivity contribution in [2.24, 2.45) is 0 Å². The van der Waals surface area contributed by atoms with Gasteiger partial charge in [0.15, 0.2) is 0 Å². The molecule has 1 atom stereocenters. The first kappa shape index (κ1) is 11.0. The van der Waals surface area contributed by atoms with Gasteiger partial charge in [0, 0.05) is 12.1 Å². The quantitative estimate of drug-likeness (QED) is 0.760. The van der Waals surface area contributed by atoms with Gasteiger partial charge in [-0.1, -0.05) is 6.07 Å². The van der Waals surface area contributed by atoms with Crippen LogP contribution in [0.5, 0.6) is 5.75 Å². The summed E-state index contributed by atoms with van der Waals surface area (Å²) in [5, 5.41) is 0. The van der Waals surface area contributed by atoms with E-state index < -0.39 is 0 Å². The highest BCUT2D eigenvalue weighted by Crippen LogP contribution is 2.18. The van der Waals surface area contributed by atoms with Crippen LogP contribution in [0.1, 0.15) is 17.3 Å². The molecule has 4 heteroatoms. The molecule has 1 unspecified atom stereocenters. The van der Waals surface area contributed by atoms with E-state index in [1.54, 1.807) is 24.1 Å². The van der Waals surface area contributed by atoms with Crippen LogP contribution >= 0.6 is 0 Å². The molecule has 0 aromatic heterocycles. The summed E-state index contributed by atoms with van der Waals surface area (Å²) in [6, 6.07) is 7.16. The molecule has 1 aromatic carbocycles. The number of hydrogen-bond donors (Lipinski definition) is 0. The van der Waals surface area contributed by atoms with Crippen molar-refractivity contribution in [3.05, 3.63) is 29.8 Å². The lowest BCUT2D eigenvalue weighted by molar-refractivity contribution is 0.0377. The third kappa shape index (κ3) is 2.02. The van der Waals surface area contributed by atoms with Gasteiger partial charge in [-0.25, -0.2) is 0 Å². The highest BCUT2D eigenvalue weighted by Gasteiger charge is 2.26. The SMILES string of the molecule is COc1cccc(C(=O)N2CCOC2C)c1. The molecule has 1 amide bonds. The summed E-state index contributed by atoms with van der Waals surface area (Å²) < 4.78 is 10.4. The fourth-order valence-electron chi connectivity index (χ4n) is 1.78. The van der Waals surface area contributed by atoms with Gasteiger partial charge < -0.3 is 14.4 Å². The van der Waals surface area contributed by atoms with Gasteiger partial charge in [0.05, 0.1) is 13.7 Å². The minimum absolute atomic E-state index is 0.0103. The standard InChI is InChI=1S/C12H15NO3/c1-9-13(6-7-16-9)12(14)10-4-3-5-11(8-10)15-2/h3-5,8-9H,6-7H2,1-2H3. The Labute approximate surface area is 94.8 Å². The smallest absolute Gasteiger partial charge is 0.256 e. The molecule has 86 valence electrons. The highest BCUT2D eigenvalue weighted by atomic mass is 16.5. The van der Waals surface area contributed by atoms with Crippen LogP contribution in [-0.4, -0.2) is 37.3 Å². The summed E-state index contributed by atoms with van der Waals surface area (Å²) in [6.07, 6.45) is -0.140. The Kier molecular flexibility index (Phi) is 3.10. The highest BCUT2D eigenvalue weighted by molar-refractivity contribution is 5.94. The molecule has 1 heterocycles. The maximum absolute atomic E-state index is 12.1. The summed E-state index contributed by atoms with van der Waals surface area (Å²) in [6.45, 7) is 3.14. The van der Waals surface area contributed by atoms with Gasteiger partial charge in [0.25, 0.3) is 5.91 Å². The predicted octanol–water partition coefficient (Wildman–Crippen LogP) is 1.51. The zero-order chi connectivity index (χ0) is 11.5. The summed E-state index contributed by atoms with van der Waals surface area (Å²) >= 11 is 0. The van der Waals surface area contributed by atoms with Crippen LogP contribution in [0.3, 0.4) is 0 Å². The Morgan fingerprint density at radius 1 is 1.56 bits per heavy atom. The first-order valence-corrected chi connectivity index (χ1v) is 5.29. The average molecular weight is 221 g/mol. The maximum Gasteiger partial charge on any atom is 0.256 e. The van der Waals surface area contributed by atoms with Gasteiger partial charge in [0.1, 0.15) is 12.0 Å². The number of amides is 1. The van der Waals surface area contributed by atoms with E-state index in [4.69, 9.17) is 9.47 Å². The van der Waals surface area contributed by atoms with Crippen LogP contribution in [0, 0.1) is 0 Å². The average Bonchev–Trinajstić information content (AvgIpc) is 2.74. The number of benzene rings is 1. The molecule has 1 aliphatic rings. The lowest BCUT2D eigenvalue weighted by atomic mass is 10.2. The summed E-state index contributed by atoms with van der Waals surface area (Å²) in [7, 11) is 1.59. The number of hydrogen-bond acceptors (Lipinski definition) is 3. The number of ether oxygens (including phenoxy) is 2. The Morgan fingerprint density at radius 3 is 3.00 bits per heavy atom. The molecule has 0 N–H and O–H groups in total. The van der Waals surface area contributed by atoms with E-state index in [-0.39, 0.29) is 12.1 Å². The molecule has 1 aromatic rings. The Hall–Kier alpha value is -1.55. The van der Waals surface area contributed by atoms with Crippen molar-refractivity contribution in [1.82, 2.24) is 4.90 Å². The molecule has 0 spiro atoms. The van der Waals surface area contributed by atoms with Gasteiger partial charge in [-0.3, -0.25) is 4.79 Å². The molecule has 16 heavy (non-hydrogen) atoms. The van der Waals surface area contributed by atoms with Gasteiger partial charge >= 0.3 is 0 Å². The molecule has 0 saturated carbocycles. The van der Waals surface area contributed by atoms with Crippen molar-refractivity contribution < 1.29 is 14.3 Å². The maximum atomic E-state index is 12.1. The summed E-state index contributed by atoms with van der Waals surface area (Å²) in [5.41, 5.74) is 0.636. The normalized spacial score (nSPS) is 19.9. The number of carbonyl (C=O) groups excluding carboxylic acids is 1. The van der Waals surface area contributed by atoms with Gasteiger partial charge in [0.2, 0.25) is 0 Å². The van der Waals surface area contributed by atoms with Crippen LogP contribution in [0.2, 0.25) is 0 Å². The minimum Gasteiger partial charge on any atom is -0.497 e. The van der Waals surface area contributed by atoms with E-state index in [1.807, 2.05) is 19.1 Å². The van der Waals surface area contributed by atoms with E-state index >= 15 is 0 Å². The fourth-order valence-corrected chi connectivity index (χ4v) is 1.78. The van der Waals surface area contributed by atoms with Crippen LogP contribution in [0.25, 0.3) is 0 Å². The molecule has 4 nitrogen and oxygen atoms in total. The van der Waals surface area contributed by atoms with E-state index in [9.17, 15) is 4.79 Å². The van der Waals surface area contributed by atoms with Crippen molar-refractivity contribution in [3.63, 3.8) is 0 Å². The van der Waals surface area contributed by atoms with E-state index in [0.29, 0.717) is 24.5 Å². The van der Waals surface area contributed by atoms with Gasteiger partial charge in [-0.05, 0) is 25.1 Å². The first-order valence-electron chi connectivity index (χ1n) is 5.29.